The molecule has 19 heavy (non-hydrogen) atoms. The van der Waals surface area contributed by atoms with E-state index in [-0.39, 0.29) is 23.7 Å². The van der Waals surface area contributed by atoms with E-state index in [0.29, 0.717) is 0 Å². The predicted octanol–water partition coefficient (Wildman–Crippen LogP) is 3.22. The number of phenolic OH excluding ortho intramolecular Hbond substituents is 2. The van der Waals surface area contributed by atoms with Gasteiger partial charge in [-0.15, -0.1) is 0 Å². The maximum atomic E-state index is 11.8. The monoisotopic (exact) mass is 322 g/mol. The van der Waals surface area contributed by atoms with E-state index < -0.39 is 5.97 Å². The molecule has 0 bridgehead atoms. The normalized spacial score (nSPS) is 10.2. The molecule has 0 amide bonds. The molecule has 0 spiro atoms. The molecule has 0 radical (unpaired) electrons. The summed E-state index contributed by atoms with van der Waals surface area (Å²) in [7, 11) is 0. The first-order chi connectivity index (χ1) is 9.06. The van der Waals surface area contributed by atoms with Gasteiger partial charge in [-0.05, 0) is 35.9 Å². The second-order valence-corrected chi connectivity index (χ2v) is 4.82. The van der Waals surface area contributed by atoms with Crippen molar-refractivity contribution >= 4 is 21.9 Å². The van der Waals surface area contributed by atoms with Gasteiger partial charge < -0.3 is 14.9 Å². The number of phenols is 2. The number of ether oxygens (including phenoxy) is 1. The summed E-state index contributed by atoms with van der Waals surface area (Å²) in [5, 5.41) is 18.8. The van der Waals surface area contributed by atoms with E-state index in [1.54, 1.807) is 0 Å². The molecule has 2 rings (SSSR count). The topological polar surface area (TPSA) is 66.8 Å². The number of halogens is 1. The van der Waals surface area contributed by atoms with Gasteiger partial charge in [0.1, 0.15) is 23.7 Å². The van der Waals surface area contributed by atoms with Crippen molar-refractivity contribution in [1.82, 2.24) is 0 Å². The molecule has 2 aromatic rings. The minimum absolute atomic E-state index is 0.0582. The van der Waals surface area contributed by atoms with Crippen LogP contribution in [0.25, 0.3) is 0 Å². The van der Waals surface area contributed by atoms with Gasteiger partial charge in [0.05, 0.1) is 0 Å². The molecule has 0 heterocycles. The van der Waals surface area contributed by atoms with Crippen molar-refractivity contribution in [3.8, 4) is 11.5 Å². The molecule has 5 heteroatoms. The molecule has 0 aliphatic rings. The highest BCUT2D eigenvalue weighted by atomic mass is 79.9. The largest absolute Gasteiger partial charge is 0.508 e. The van der Waals surface area contributed by atoms with Crippen LogP contribution in [0.4, 0.5) is 0 Å². The number of carbonyl (C=O) groups excluding carboxylic acids is 1. The van der Waals surface area contributed by atoms with Crippen molar-refractivity contribution in [3.63, 3.8) is 0 Å². The van der Waals surface area contributed by atoms with E-state index in [9.17, 15) is 15.0 Å². The summed E-state index contributed by atoms with van der Waals surface area (Å²) in [6.45, 7) is 0.0984. The van der Waals surface area contributed by atoms with E-state index in [1.165, 1.54) is 18.2 Å². The van der Waals surface area contributed by atoms with Crippen LogP contribution in [0.1, 0.15) is 15.9 Å². The van der Waals surface area contributed by atoms with E-state index in [4.69, 9.17) is 4.74 Å². The third kappa shape index (κ3) is 3.48. The Labute approximate surface area is 118 Å². The van der Waals surface area contributed by atoms with E-state index in [1.807, 2.05) is 24.3 Å². The molecular weight excluding hydrogens is 312 g/mol. The van der Waals surface area contributed by atoms with E-state index >= 15 is 0 Å². The summed E-state index contributed by atoms with van der Waals surface area (Å²) in [5.74, 6) is -1.01. The first-order valence-electron chi connectivity index (χ1n) is 5.50. The van der Waals surface area contributed by atoms with Crippen LogP contribution in [0.15, 0.2) is 46.9 Å². The summed E-state index contributed by atoms with van der Waals surface area (Å²) >= 11 is 3.31. The van der Waals surface area contributed by atoms with Crippen LogP contribution in [0, 0.1) is 0 Å². The third-order valence-electron chi connectivity index (χ3n) is 2.48. The first-order valence-corrected chi connectivity index (χ1v) is 6.29. The van der Waals surface area contributed by atoms with E-state index in [2.05, 4.69) is 15.9 Å². The van der Waals surface area contributed by atoms with Gasteiger partial charge in [-0.3, -0.25) is 0 Å². The van der Waals surface area contributed by atoms with Gasteiger partial charge in [0, 0.05) is 4.47 Å². The molecule has 2 aromatic carbocycles. The Morgan fingerprint density at radius 1 is 1.11 bits per heavy atom. The Morgan fingerprint density at radius 2 is 1.79 bits per heavy atom. The molecule has 4 nitrogen and oxygen atoms in total. The highest BCUT2D eigenvalue weighted by Gasteiger charge is 2.13. The highest BCUT2D eigenvalue weighted by Crippen LogP contribution is 2.23. The van der Waals surface area contributed by atoms with Gasteiger partial charge in [0.25, 0.3) is 0 Å². The first kappa shape index (κ1) is 13.4. The van der Waals surface area contributed by atoms with Gasteiger partial charge in [-0.2, -0.15) is 0 Å². The summed E-state index contributed by atoms with van der Waals surface area (Å²) in [6.07, 6.45) is 0. The molecule has 98 valence electrons. The molecule has 2 N–H and O–H groups in total. The molecule has 0 aromatic heterocycles. The number of hydrogen-bond donors (Lipinski definition) is 2. The zero-order valence-corrected chi connectivity index (χ0v) is 11.4. The second kappa shape index (κ2) is 5.75. The molecule has 0 saturated heterocycles. The van der Waals surface area contributed by atoms with Crippen LogP contribution in [0.3, 0.4) is 0 Å². The lowest BCUT2D eigenvalue weighted by Crippen LogP contribution is -2.05. The lowest BCUT2D eigenvalue weighted by atomic mass is 10.2. The van der Waals surface area contributed by atoms with Crippen molar-refractivity contribution in [2.75, 3.05) is 0 Å². The Bertz CT molecular complexity index is 593. The van der Waals surface area contributed by atoms with Crippen molar-refractivity contribution in [3.05, 3.63) is 58.1 Å². The fraction of sp³-hybridized carbons (Fsp3) is 0.0714. The average Bonchev–Trinajstić information content (AvgIpc) is 2.40. The van der Waals surface area contributed by atoms with Gasteiger partial charge in [-0.25, -0.2) is 4.79 Å². The number of carbonyl (C=O) groups is 1. The Balaban J connectivity index is 2.05. The molecule has 0 saturated carbocycles. The quantitative estimate of drug-likeness (QED) is 0.672. The predicted molar refractivity (Wildman–Crippen MR) is 73.0 cm³/mol. The maximum absolute atomic E-state index is 11.8. The summed E-state index contributed by atoms with van der Waals surface area (Å²) in [4.78, 5) is 11.8. The lowest BCUT2D eigenvalue weighted by molar-refractivity contribution is 0.0469. The number of rotatable bonds is 3. The zero-order valence-electron chi connectivity index (χ0n) is 9.84. The van der Waals surface area contributed by atoms with Crippen molar-refractivity contribution < 1.29 is 19.7 Å². The van der Waals surface area contributed by atoms with Gasteiger partial charge in [0.15, 0.2) is 0 Å². The number of hydrogen-bond acceptors (Lipinski definition) is 4. The van der Waals surface area contributed by atoms with Gasteiger partial charge in [-0.1, -0.05) is 28.1 Å². The van der Waals surface area contributed by atoms with Crippen LogP contribution in [0.5, 0.6) is 11.5 Å². The average molecular weight is 323 g/mol. The summed E-state index contributed by atoms with van der Waals surface area (Å²) < 4.78 is 6.00. The number of esters is 1. The number of benzene rings is 2. The Morgan fingerprint density at radius 3 is 2.47 bits per heavy atom. The standard InChI is InChI=1S/C14H11BrO4/c15-10-3-1-9(2-4-10)8-19-14(18)12-7-11(16)5-6-13(12)17/h1-7,16-17H,8H2. The van der Waals surface area contributed by atoms with Crippen LogP contribution >= 0.6 is 15.9 Å². The zero-order chi connectivity index (χ0) is 13.8. The third-order valence-corrected chi connectivity index (χ3v) is 3.01. The highest BCUT2D eigenvalue weighted by molar-refractivity contribution is 9.10. The SMILES string of the molecule is O=C(OCc1ccc(Br)cc1)c1cc(O)ccc1O. The minimum atomic E-state index is -0.684. The minimum Gasteiger partial charge on any atom is -0.508 e. The number of aromatic hydroxyl groups is 2. The molecule has 0 fully saturated rings. The fourth-order valence-corrected chi connectivity index (χ4v) is 1.76. The lowest BCUT2D eigenvalue weighted by Gasteiger charge is -2.07. The van der Waals surface area contributed by atoms with Crippen LogP contribution < -0.4 is 0 Å². The van der Waals surface area contributed by atoms with Crippen LogP contribution in [0.2, 0.25) is 0 Å². The van der Waals surface area contributed by atoms with Crippen molar-refractivity contribution in [2.24, 2.45) is 0 Å². The molecule has 0 unspecified atom stereocenters. The fourth-order valence-electron chi connectivity index (χ4n) is 1.49. The van der Waals surface area contributed by atoms with Gasteiger partial charge in [0.2, 0.25) is 0 Å². The van der Waals surface area contributed by atoms with Gasteiger partial charge >= 0.3 is 5.97 Å². The molecule has 0 aliphatic carbocycles. The van der Waals surface area contributed by atoms with Crippen LogP contribution in [-0.2, 0) is 11.3 Å². The molecular formula is C14H11BrO4. The second-order valence-electron chi connectivity index (χ2n) is 3.90. The maximum Gasteiger partial charge on any atom is 0.342 e. The van der Waals surface area contributed by atoms with Crippen molar-refractivity contribution in [2.45, 2.75) is 6.61 Å². The molecule has 0 aliphatic heterocycles. The molecule has 0 atom stereocenters. The smallest absolute Gasteiger partial charge is 0.342 e. The summed E-state index contributed by atoms with van der Waals surface area (Å²) in [5.41, 5.74) is 0.772. The van der Waals surface area contributed by atoms with Crippen LogP contribution in [-0.4, -0.2) is 16.2 Å². The van der Waals surface area contributed by atoms with E-state index in [0.717, 1.165) is 10.0 Å². The summed E-state index contributed by atoms with van der Waals surface area (Å²) in [6, 6.07) is 11.0. The Kier molecular flexibility index (Phi) is 4.06. The Hall–Kier alpha value is -2.01. The van der Waals surface area contributed by atoms with Crippen molar-refractivity contribution in [1.29, 1.82) is 0 Å².